The van der Waals surface area contributed by atoms with E-state index in [9.17, 15) is 9.00 Å². The first-order valence-electron chi connectivity index (χ1n) is 9.18. The van der Waals surface area contributed by atoms with Crippen LogP contribution in [0, 0.1) is 0 Å². The van der Waals surface area contributed by atoms with Crippen molar-refractivity contribution in [3.8, 4) is 0 Å². The summed E-state index contributed by atoms with van der Waals surface area (Å²) in [5.74, 6) is 0.363. The van der Waals surface area contributed by atoms with Crippen molar-refractivity contribution in [1.29, 1.82) is 0 Å². The molecule has 3 rings (SSSR count). The number of rotatable bonds is 6. The van der Waals surface area contributed by atoms with Crippen LogP contribution >= 0.6 is 0 Å². The number of carbonyl (C=O) groups is 1. The van der Waals surface area contributed by atoms with Gasteiger partial charge in [-0.1, -0.05) is 43.5 Å². The average Bonchev–Trinajstić information content (AvgIpc) is 2.63. The van der Waals surface area contributed by atoms with Gasteiger partial charge in [-0.3, -0.25) is 9.00 Å². The van der Waals surface area contributed by atoms with E-state index in [-0.39, 0.29) is 5.91 Å². The van der Waals surface area contributed by atoms with Gasteiger partial charge < -0.3 is 10.6 Å². The van der Waals surface area contributed by atoms with Crippen molar-refractivity contribution in [2.24, 2.45) is 0 Å². The van der Waals surface area contributed by atoms with Crippen LogP contribution < -0.4 is 10.6 Å². The molecule has 2 aromatic carbocycles. The lowest BCUT2D eigenvalue weighted by Crippen LogP contribution is -2.24. The molecule has 4 nitrogen and oxygen atoms in total. The highest BCUT2D eigenvalue weighted by Crippen LogP contribution is 2.24. The molecule has 0 spiro atoms. The summed E-state index contributed by atoms with van der Waals surface area (Å²) in [7, 11) is -0.904. The van der Waals surface area contributed by atoms with E-state index in [0.717, 1.165) is 29.8 Å². The molecule has 1 saturated carbocycles. The highest BCUT2D eigenvalue weighted by Gasteiger charge is 2.17. The fourth-order valence-electron chi connectivity index (χ4n) is 3.45. The first-order valence-corrected chi connectivity index (χ1v) is 10.9. The van der Waals surface area contributed by atoms with E-state index in [1.165, 1.54) is 19.3 Å². The van der Waals surface area contributed by atoms with Crippen LogP contribution in [0.1, 0.15) is 48.0 Å². The van der Waals surface area contributed by atoms with Crippen molar-refractivity contribution >= 4 is 28.1 Å². The summed E-state index contributed by atoms with van der Waals surface area (Å²) in [6.45, 7) is 0. The topological polar surface area (TPSA) is 58.2 Å². The summed E-state index contributed by atoms with van der Waals surface area (Å²) < 4.78 is 11.4. The second-order valence-electron chi connectivity index (χ2n) is 6.90. The zero-order chi connectivity index (χ0) is 18.4. The van der Waals surface area contributed by atoms with Gasteiger partial charge in [0.25, 0.3) is 5.91 Å². The Bertz CT molecular complexity index is 785. The minimum Gasteiger partial charge on any atom is -0.382 e. The van der Waals surface area contributed by atoms with Crippen molar-refractivity contribution in [2.45, 2.75) is 43.9 Å². The van der Waals surface area contributed by atoms with Crippen LogP contribution in [0.2, 0.25) is 0 Å². The molecule has 2 aromatic rings. The van der Waals surface area contributed by atoms with Gasteiger partial charge in [0, 0.05) is 40.2 Å². The Kier molecular flexibility index (Phi) is 6.45. The summed E-state index contributed by atoms with van der Waals surface area (Å²) in [4.78, 5) is 12.8. The van der Waals surface area contributed by atoms with Crippen LogP contribution in [0.3, 0.4) is 0 Å². The minimum absolute atomic E-state index is 0.126. The van der Waals surface area contributed by atoms with Crippen molar-refractivity contribution in [3.05, 3.63) is 59.7 Å². The van der Waals surface area contributed by atoms with Crippen molar-refractivity contribution in [2.75, 3.05) is 16.9 Å². The lowest BCUT2D eigenvalue weighted by molar-refractivity contribution is 0.102. The molecule has 1 amide bonds. The molecule has 26 heavy (non-hydrogen) atoms. The number of amides is 1. The predicted molar refractivity (Wildman–Crippen MR) is 109 cm³/mol. The highest BCUT2D eigenvalue weighted by molar-refractivity contribution is 7.83. The number of para-hydroxylation sites is 1. The van der Waals surface area contributed by atoms with E-state index in [1.807, 2.05) is 48.5 Å². The second-order valence-corrected chi connectivity index (χ2v) is 8.33. The van der Waals surface area contributed by atoms with Gasteiger partial charge in [0.2, 0.25) is 0 Å². The molecule has 1 atom stereocenters. The van der Waals surface area contributed by atoms with Crippen LogP contribution in [0.25, 0.3) is 0 Å². The maximum atomic E-state index is 12.8. The van der Waals surface area contributed by atoms with Gasteiger partial charge in [-0.15, -0.1) is 0 Å². The van der Waals surface area contributed by atoms with Crippen molar-refractivity contribution in [1.82, 2.24) is 0 Å². The molecule has 1 aliphatic carbocycles. The number of benzene rings is 2. The molecule has 1 aliphatic rings. The number of hydrogen-bond donors (Lipinski definition) is 2. The fraction of sp³-hybridized carbons (Fsp3) is 0.381. The van der Waals surface area contributed by atoms with Crippen molar-refractivity contribution in [3.63, 3.8) is 0 Å². The zero-order valence-corrected chi connectivity index (χ0v) is 16.0. The van der Waals surface area contributed by atoms with Crippen LogP contribution in [0.15, 0.2) is 48.5 Å². The fourth-order valence-corrected chi connectivity index (χ4v) is 4.09. The third-order valence-electron chi connectivity index (χ3n) is 4.69. The average molecular weight is 371 g/mol. The largest absolute Gasteiger partial charge is 0.382 e. The molecular formula is C21H26N2O2S. The van der Waals surface area contributed by atoms with Gasteiger partial charge in [-0.25, -0.2) is 0 Å². The molecule has 2 N–H and O–H groups in total. The standard InChI is InChI=1S/C21H26N2O2S/c1-26(25)15-16-8-7-11-18(14-16)23-21(24)19-12-5-6-13-20(19)22-17-9-3-2-4-10-17/h5-8,11-14,17,22H,2-4,9-10,15H2,1H3,(H,23,24)/t26-/m1/s1. The highest BCUT2D eigenvalue weighted by atomic mass is 32.2. The number of nitrogens with one attached hydrogen (secondary N) is 2. The molecule has 5 heteroatoms. The third-order valence-corrected chi connectivity index (χ3v) is 5.43. The summed E-state index contributed by atoms with van der Waals surface area (Å²) in [5.41, 5.74) is 3.23. The molecule has 0 radical (unpaired) electrons. The second kappa shape index (κ2) is 8.99. The van der Waals surface area contributed by atoms with Crippen LogP contribution in [0.4, 0.5) is 11.4 Å². The van der Waals surface area contributed by atoms with Crippen LogP contribution in [0.5, 0.6) is 0 Å². The smallest absolute Gasteiger partial charge is 0.257 e. The van der Waals surface area contributed by atoms with E-state index in [0.29, 0.717) is 17.4 Å². The Morgan fingerprint density at radius 2 is 1.85 bits per heavy atom. The first kappa shape index (κ1) is 18.6. The zero-order valence-electron chi connectivity index (χ0n) is 15.2. The molecule has 0 aliphatic heterocycles. The third kappa shape index (κ3) is 5.18. The lowest BCUT2D eigenvalue weighted by Gasteiger charge is -2.25. The Morgan fingerprint density at radius 1 is 1.08 bits per heavy atom. The molecule has 0 saturated heterocycles. The molecule has 0 bridgehead atoms. The quantitative estimate of drug-likeness (QED) is 0.783. The van der Waals surface area contributed by atoms with Crippen LogP contribution in [-0.4, -0.2) is 22.4 Å². The molecular weight excluding hydrogens is 344 g/mol. The molecule has 0 heterocycles. The first-order chi connectivity index (χ1) is 12.6. The monoisotopic (exact) mass is 370 g/mol. The van der Waals surface area contributed by atoms with Gasteiger partial charge in [-0.05, 0) is 42.7 Å². The summed E-state index contributed by atoms with van der Waals surface area (Å²) in [6.07, 6.45) is 7.80. The van der Waals surface area contributed by atoms with Crippen molar-refractivity contribution < 1.29 is 9.00 Å². The van der Waals surface area contributed by atoms with Gasteiger partial charge in [-0.2, -0.15) is 0 Å². The maximum Gasteiger partial charge on any atom is 0.257 e. The Labute approximate surface area is 157 Å². The van der Waals surface area contributed by atoms with E-state index in [2.05, 4.69) is 10.6 Å². The maximum absolute atomic E-state index is 12.8. The Hall–Kier alpha value is -2.14. The van der Waals surface area contributed by atoms with E-state index >= 15 is 0 Å². The summed E-state index contributed by atoms with van der Waals surface area (Å²) in [5, 5.41) is 6.52. The Morgan fingerprint density at radius 3 is 2.62 bits per heavy atom. The molecule has 138 valence electrons. The van der Waals surface area contributed by atoms with Gasteiger partial charge in [0.05, 0.1) is 5.56 Å². The molecule has 0 unspecified atom stereocenters. The van der Waals surface area contributed by atoms with Gasteiger partial charge in [0.15, 0.2) is 0 Å². The number of hydrogen-bond acceptors (Lipinski definition) is 3. The lowest BCUT2D eigenvalue weighted by atomic mass is 9.95. The van der Waals surface area contributed by atoms with E-state index < -0.39 is 10.8 Å². The Balaban J connectivity index is 1.72. The van der Waals surface area contributed by atoms with E-state index in [4.69, 9.17) is 0 Å². The summed E-state index contributed by atoms with van der Waals surface area (Å²) in [6, 6.07) is 15.7. The van der Waals surface area contributed by atoms with Gasteiger partial charge in [0.1, 0.15) is 0 Å². The molecule has 1 fully saturated rings. The number of carbonyl (C=O) groups excluding carboxylic acids is 1. The van der Waals surface area contributed by atoms with Gasteiger partial charge >= 0.3 is 0 Å². The predicted octanol–water partition coefficient (Wildman–Crippen LogP) is 4.56. The minimum atomic E-state index is -0.904. The normalized spacial score (nSPS) is 16.0. The SMILES string of the molecule is C[S@@](=O)Cc1cccc(NC(=O)c2ccccc2NC2CCCCC2)c1. The van der Waals surface area contributed by atoms with E-state index in [1.54, 1.807) is 6.26 Å². The van der Waals surface area contributed by atoms with Crippen LogP contribution in [-0.2, 0) is 16.6 Å². The summed E-state index contributed by atoms with van der Waals surface area (Å²) >= 11 is 0. The number of anilines is 2. The molecule has 0 aromatic heterocycles.